The van der Waals surface area contributed by atoms with E-state index in [2.05, 4.69) is 19.2 Å². The fraction of sp³-hybridized carbons (Fsp3) is 0.565. The molecule has 0 unspecified atom stereocenters. The fourth-order valence-corrected chi connectivity index (χ4v) is 4.26. The highest BCUT2D eigenvalue weighted by Gasteiger charge is 2.51. The predicted molar refractivity (Wildman–Crippen MR) is 111 cm³/mol. The van der Waals surface area contributed by atoms with Crippen molar-refractivity contribution < 1.29 is 23.9 Å². The van der Waals surface area contributed by atoms with E-state index < -0.39 is 24.5 Å². The first kappa shape index (κ1) is 22.0. The van der Waals surface area contributed by atoms with E-state index in [1.165, 1.54) is 12.5 Å². The average Bonchev–Trinajstić information content (AvgIpc) is 3.02. The summed E-state index contributed by atoms with van der Waals surface area (Å²) in [5, 5.41) is 2.68. The van der Waals surface area contributed by atoms with Gasteiger partial charge >= 0.3 is 5.97 Å². The Kier molecular flexibility index (Phi) is 6.90. The highest BCUT2D eigenvalue weighted by Crippen LogP contribution is 2.38. The molecule has 30 heavy (non-hydrogen) atoms. The molecular formula is C23H30N2O5. The minimum atomic E-state index is -1.03. The second-order valence-corrected chi connectivity index (χ2v) is 8.31. The zero-order valence-electron chi connectivity index (χ0n) is 17.8. The lowest BCUT2D eigenvalue weighted by Gasteiger charge is -2.21. The van der Waals surface area contributed by atoms with Gasteiger partial charge in [0.2, 0.25) is 11.8 Å². The molecule has 1 aliphatic heterocycles. The van der Waals surface area contributed by atoms with Crippen LogP contribution >= 0.6 is 0 Å². The standard InChI is InChI=1S/C23H30N2O5/c1-4-14(2)16-9-11-17(12-10-16)24-20(26)13-30-23(29)15(3)25-21(27)18-7-5-6-8-19(18)22(25)28/h9-12,14-15,18-19H,4-8,13H2,1-3H3,(H,24,26)/t14-,15-,18-,19+/m0/s1. The Morgan fingerprint density at radius 3 is 2.17 bits per heavy atom. The van der Waals surface area contributed by atoms with Crippen LogP contribution in [-0.4, -0.2) is 41.2 Å². The molecule has 1 N–H and O–H groups in total. The Morgan fingerprint density at radius 1 is 1.07 bits per heavy atom. The first-order valence-electron chi connectivity index (χ1n) is 10.8. The number of esters is 1. The van der Waals surface area contributed by atoms with Crippen molar-refractivity contribution in [3.05, 3.63) is 29.8 Å². The molecule has 7 heteroatoms. The van der Waals surface area contributed by atoms with Crippen molar-refractivity contribution in [2.45, 2.75) is 64.8 Å². The summed E-state index contributed by atoms with van der Waals surface area (Å²) in [6.07, 6.45) is 4.25. The Hall–Kier alpha value is -2.70. The molecule has 1 saturated carbocycles. The molecule has 2 aliphatic rings. The quantitative estimate of drug-likeness (QED) is 0.546. The van der Waals surface area contributed by atoms with Gasteiger partial charge in [-0.15, -0.1) is 0 Å². The maximum atomic E-state index is 12.6. The number of fused-ring (bicyclic) bond motifs is 1. The molecule has 3 amide bonds. The van der Waals surface area contributed by atoms with Crippen LogP contribution < -0.4 is 5.32 Å². The number of ether oxygens (including phenoxy) is 1. The summed E-state index contributed by atoms with van der Waals surface area (Å²) in [5.74, 6) is -2.00. The van der Waals surface area contributed by atoms with E-state index in [9.17, 15) is 19.2 Å². The van der Waals surface area contributed by atoms with E-state index in [-0.39, 0.29) is 23.7 Å². The Balaban J connectivity index is 1.51. The molecular weight excluding hydrogens is 384 g/mol. The van der Waals surface area contributed by atoms with Crippen LogP contribution in [0.2, 0.25) is 0 Å². The molecule has 1 aromatic carbocycles. The number of anilines is 1. The van der Waals surface area contributed by atoms with Gasteiger partial charge in [-0.3, -0.25) is 19.3 Å². The van der Waals surface area contributed by atoms with Gasteiger partial charge in [0, 0.05) is 5.69 Å². The second-order valence-electron chi connectivity index (χ2n) is 8.31. The minimum Gasteiger partial charge on any atom is -0.454 e. The van der Waals surface area contributed by atoms with E-state index in [0.717, 1.165) is 24.2 Å². The maximum absolute atomic E-state index is 12.6. The summed E-state index contributed by atoms with van der Waals surface area (Å²) in [7, 11) is 0. The van der Waals surface area contributed by atoms with Crippen LogP contribution in [0.25, 0.3) is 0 Å². The molecule has 3 rings (SSSR count). The molecule has 1 aromatic rings. The van der Waals surface area contributed by atoms with E-state index >= 15 is 0 Å². The molecule has 7 nitrogen and oxygen atoms in total. The molecule has 0 aromatic heterocycles. The SMILES string of the molecule is CC[C@H](C)c1ccc(NC(=O)COC(=O)[C@H](C)N2C(=O)[C@H]3CCCC[C@H]3C2=O)cc1. The lowest BCUT2D eigenvalue weighted by atomic mass is 9.81. The molecule has 1 heterocycles. The van der Waals surface area contributed by atoms with Crippen molar-refractivity contribution in [3.8, 4) is 0 Å². The zero-order chi connectivity index (χ0) is 21.8. The van der Waals surface area contributed by atoms with Crippen LogP contribution in [0.15, 0.2) is 24.3 Å². The van der Waals surface area contributed by atoms with Crippen LogP contribution in [0.3, 0.4) is 0 Å². The smallest absolute Gasteiger partial charge is 0.329 e. The lowest BCUT2D eigenvalue weighted by molar-refractivity contribution is -0.159. The van der Waals surface area contributed by atoms with Crippen LogP contribution in [0, 0.1) is 11.8 Å². The third-order valence-electron chi connectivity index (χ3n) is 6.33. The number of hydrogen-bond acceptors (Lipinski definition) is 5. The first-order valence-corrected chi connectivity index (χ1v) is 10.8. The molecule has 162 valence electrons. The number of benzene rings is 1. The number of carbonyl (C=O) groups excluding carboxylic acids is 4. The van der Waals surface area contributed by atoms with Gasteiger partial charge in [0.05, 0.1) is 11.8 Å². The third-order valence-corrected chi connectivity index (χ3v) is 6.33. The summed E-state index contributed by atoms with van der Waals surface area (Å²) in [5.41, 5.74) is 1.81. The van der Waals surface area contributed by atoms with Crippen molar-refractivity contribution in [2.24, 2.45) is 11.8 Å². The van der Waals surface area contributed by atoms with Crippen molar-refractivity contribution >= 4 is 29.4 Å². The van der Waals surface area contributed by atoms with Gasteiger partial charge in [-0.1, -0.05) is 38.8 Å². The van der Waals surface area contributed by atoms with Crippen molar-refractivity contribution in [2.75, 3.05) is 11.9 Å². The summed E-state index contributed by atoms with van der Waals surface area (Å²) in [6, 6.07) is 6.52. The maximum Gasteiger partial charge on any atom is 0.329 e. The topological polar surface area (TPSA) is 92.8 Å². The number of hydrogen-bond donors (Lipinski definition) is 1. The highest BCUT2D eigenvalue weighted by atomic mass is 16.5. The Morgan fingerprint density at radius 2 is 1.63 bits per heavy atom. The first-order chi connectivity index (χ1) is 14.3. The summed E-state index contributed by atoms with van der Waals surface area (Å²) in [6.45, 7) is 5.26. The van der Waals surface area contributed by atoms with Gasteiger partial charge in [0.1, 0.15) is 6.04 Å². The molecule has 0 bridgehead atoms. The molecule has 0 spiro atoms. The van der Waals surface area contributed by atoms with E-state index in [0.29, 0.717) is 24.4 Å². The van der Waals surface area contributed by atoms with Gasteiger partial charge in [0.15, 0.2) is 6.61 Å². The van der Waals surface area contributed by atoms with Gasteiger partial charge in [-0.05, 0) is 49.8 Å². The molecule has 4 atom stereocenters. The number of likely N-dealkylation sites (tertiary alicyclic amines) is 1. The lowest BCUT2D eigenvalue weighted by Crippen LogP contribution is -2.45. The van der Waals surface area contributed by atoms with Gasteiger partial charge in [-0.2, -0.15) is 0 Å². The summed E-state index contributed by atoms with van der Waals surface area (Å²) < 4.78 is 5.08. The van der Waals surface area contributed by atoms with Crippen LogP contribution in [0.5, 0.6) is 0 Å². The van der Waals surface area contributed by atoms with Crippen molar-refractivity contribution in [3.63, 3.8) is 0 Å². The van der Waals surface area contributed by atoms with Crippen LogP contribution in [-0.2, 0) is 23.9 Å². The number of carbonyl (C=O) groups is 4. The highest BCUT2D eigenvalue weighted by molar-refractivity contribution is 6.08. The number of rotatable bonds is 7. The van der Waals surface area contributed by atoms with E-state index in [1.807, 2.05) is 24.3 Å². The summed E-state index contributed by atoms with van der Waals surface area (Å²) >= 11 is 0. The number of amides is 3. The van der Waals surface area contributed by atoms with Gasteiger partial charge < -0.3 is 10.1 Å². The molecule has 1 saturated heterocycles. The Bertz CT molecular complexity index is 795. The van der Waals surface area contributed by atoms with Crippen molar-refractivity contribution in [1.29, 1.82) is 0 Å². The van der Waals surface area contributed by atoms with Crippen molar-refractivity contribution in [1.82, 2.24) is 4.90 Å². The average molecular weight is 415 g/mol. The van der Waals surface area contributed by atoms with Gasteiger partial charge in [-0.25, -0.2) is 4.79 Å². The fourth-order valence-electron chi connectivity index (χ4n) is 4.26. The number of imide groups is 1. The third kappa shape index (κ3) is 4.55. The van der Waals surface area contributed by atoms with E-state index in [1.54, 1.807) is 0 Å². The van der Waals surface area contributed by atoms with E-state index in [4.69, 9.17) is 4.74 Å². The summed E-state index contributed by atoms with van der Waals surface area (Å²) in [4.78, 5) is 50.7. The van der Waals surface area contributed by atoms with Crippen LogP contribution in [0.4, 0.5) is 5.69 Å². The monoisotopic (exact) mass is 414 g/mol. The molecule has 2 fully saturated rings. The second kappa shape index (κ2) is 9.41. The number of nitrogens with zero attached hydrogens (tertiary/aromatic N) is 1. The predicted octanol–water partition coefficient (Wildman–Crippen LogP) is 3.25. The molecule has 0 radical (unpaired) electrons. The zero-order valence-corrected chi connectivity index (χ0v) is 17.8. The normalized spacial score (nSPS) is 23.0. The minimum absolute atomic E-state index is 0.292. The molecule has 1 aliphatic carbocycles. The largest absolute Gasteiger partial charge is 0.454 e. The van der Waals surface area contributed by atoms with Gasteiger partial charge in [0.25, 0.3) is 5.91 Å². The Labute approximate surface area is 177 Å². The number of nitrogens with one attached hydrogen (secondary N) is 1. The van der Waals surface area contributed by atoms with Crippen LogP contribution in [0.1, 0.15) is 64.4 Å².